The van der Waals surface area contributed by atoms with Gasteiger partial charge in [-0.25, -0.2) is 4.39 Å². The summed E-state index contributed by atoms with van der Waals surface area (Å²) in [6.45, 7) is 6.18. The lowest BCUT2D eigenvalue weighted by Crippen LogP contribution is -2.30. The lowest BCUT2D eigenvalue weighted by molar-refractivity contribution is -0.121. The zero-order chi connectivity index (χ0) is 16.1. The van der Waals surface area contributed by atoms with Crippen molar-refractivity contribution in [2.75, 3.05) is 0 Å². The van der Waals surface area contributed by atoms with Gasteiger partial charge in [0.15, 0.2) is 0 Å². The van der Waals surface area contributed by atoms with Gasteiger partial charge in [0, 0.05) is 0 Å². The minimum Gasteiger partial charge on any atom is -0.349 e. The second-order valence-corrected chi connectivity index (χ2v) is 5.69. The van der Waals surface area contributed by atoms with Crippen LogP contribution in [-0.4, -0.2) is 5.91 Å². The van der Waals surface area contributed by atoms with Crippen molar-refractivity contribution >= 4 is 5.91 Å². The minimum atomic E-state index is -0.286. The standard InChI is InChI=1S/C19H22FNO/c1-4-18(17-10-5-13(2)11-14(17)3)21-19(22)12-15-6-8-16(20)9-7-15/h5-11,18H,4,12H2,1-3H3,(H,21,22). The van der Waals surface area contributed by atoms with Crippen molar-refractivity contribution in [1.82, 2.24) is 5.32 Å². The maximum Gasteiger partial charge on any atom is 0.224 e. The summed E-state index contributed by atoms with van der Waals surface area (Å²) in [7, 11) is 0. The first-order chi connectivity index (χ1) is 10.5. The third-order valence-electron chi connectivity index (χ3n) is 3.82. The van der Waals surface area contributed by atoms with Gasteiger partial charge in [0.05, 0.1) is 12.5 Å². The third-order valence-corrected chi connectivity index (χ3v) is 3.82. The first kappa shape index (κ1) is 16.2. The fourth-order valence-corrected chi connectivity index (χ4v) is 2.65. The molecule has 0 fully saturated rings. The van der Waals surface area contributed by atoms with Crippen molar-refractivity contribution in [3.05, 3.63) is 70.5 Å². The first-order valence-electron chi connectivity index (χ1n) is 7.60. The topological polar surface area (TPSA) is 29.1 Å². The molecule has 22 heavy (non-hydrogen) atoms. The van der Waals surface area contributed by atoms with Crippen LogP contribution in [0.3, 0.4) is 0 Å². The first-order valence-corrected chi connectivity index (χ1v) is 7.60. The molecule has 0 aliphatic rings. The van der Waals surface area contributed by atoms with Crippen LogP contribution in [-0.2, 0) is 11.2 Å². The molecule has 0 heterocycles. The van der Waals surface area contributed by atoms with E-state index in [-0.39, 0.29) is 24.2 Å². The summed E-state index contributed by atoms with van der Waals surface area (Å²) in [5.41, 5.74) is 4.37. The van der Waals surface area contributed by atoms with E-state index < -0.39 is 0 Å². The van der Waals surface area contributed by atoms with Crippen molar-refractivity contribution < 1.29 is 9.18 Å². The van der Waals surface area contributed by atoms with E-state index in [2.05, 4.69) is 44.3 Å². The highest BCUT2D eigenvalue weighted by atomic mass is 19.1. The molecule has 0 aliphatic heterocycles. The molecule has 116 valence electrons. The van der Waals surface area contributed by atoms with Crippen LogP contribution < -0.4 is 5.32 Å². The van der Waals surface area contributed by atoms with Crippen molar-refractivity contribution in [3.63, 3.8) is 0 Å². The summed E-state index contributed by atoms with van der Waals surface area (Å²) in [6, 6.07) is 12.3. The maximum absolute atomic E-state index is 12.9. The molecule has 3 heteroatoms. The lowest BCUT2D eigenvalue weighted by atomic mass is 9.97. The lowest BCUT2D eigenvalue weighted by Gasteiger charge is -2.20. The van der Waals surface area contributed by atoms with Crippen molar-refractivity contribution in [2.24, 2.45) is 0 Å². The number of carbonyl (C=O) groups is 1. The number of rotatable bonds is 5. The average Bonchev–Trinajstić information content (AvgIpc) is 2.48. The van der Waals surface area contributed by atoms with Crippen molar-refractivity contribution in [3.8, 4) is 0 Å². The fourth-order valence-electron chi connectivity index (χ4n) is 2.65. The Kier molecular flexibility index (Phi) is 5.31. The van der Waals surface area contributed by atoms with Gasteiger partial charge in [0.1, 0.15) is 5.82 Å². The Labute approximate surface area is 131 Å². The fraction of sp³-hybridized carbons (Fsp3) is 0.316. The molecular weight excluding hydrogens is 277 g/mol. The third kappa shape index (κ3) is 4.17. The Morgan fingerprint density at radius 2 is 1.82 bits per heavy atom. The largest absolute Gasteiger partial charge is 0.349 e. The van der Waals surface area contributed by atoms with Gasteiger partial charge in [-0.3, -0.25) is 4.79 Å². The molecule has 2 aromatic carbocycles. The molecule has 1 amide bonds. The Balaban J connectivity index is 2.06. The van der Waals surface area contributed by atoms with Gasteiger partial charge in [-0.1, -0.05) is 42.8 Å². The summed E-state index contributed by atoms with van der Waals surface area (Å²) < 4.78 is 12.9. The smallest absolute Gasteiger partial charge is 0.224 e. The van der Waals surface area contributed by atoms with E-state index in [9.17, 15) is 9.18 Å². The Morgan fingerprint density at radius 1 is 1.14 bits per heavy atom. The minimum absolute atomic E-state index is 0.00792. The number of amides is 1. The van der Waals surface area contributed by atoms with Crippen molar-refractivity contribution in [2.45, 2.75) is 39.7 Å². The van der Waals surface area contributed by atoms with Gasteiger partial charge in [0.2, 0.25) is 5.91 Å². The van der Waals surface area contributed by atoms with E-state index in [4.69, 9.17) is 0 Å². The average molecular weight is 299 g/mol. The number of carbonyl (C=O) groups excluding carboxylic acids is 1. The normalized spacial score (nSPS) is 12.0. The van der Waals surface area contributed by atoms with Crippen LogP contribution in [0.2, 0.25) is 0 Å². The van der Waals surface area contributed by atoms with E-state index in [0.717, 1.165) is 17.5 Å². The number of halogens is 1. The van der Waals surface area contributed by atoms with Crippen LogP contribution in [0.25, 0.3) is 0 Å². The molecule has 0 bridgehead atoms. The van der Waals surface area contributed by atoms with Gasteiger partial charge < -0.3 is 5.32 Å². The molecule has 0 aromatic heterocycles. The second kappa shape index (κ2) is 7.21. The van der Waals surface area contributed by atoms with Crippen LogP contribution in [0, 0.1) is 19.7 Å². The molecule has 2 nitrogen and oxygen atoms in total. The van der Waals surface area contributed by atoms with Crippen LogP contribution in [0.4, 0.5) is 4.39 Å². The van der Waals surface area contributed by atoms with Gasteiger partial charge in [-0.2, -0.15) is 0 Å². The Hall–Kier alpha value is -2.16. The molecular formula is C19H22FNO. The molecule has 0 saturated heterocycles. The molecule has 0 saturated carbocycles. The van der Waals surface area contributed by atoms with E-state index in [1.165, 1.54) is 23.3 Å². The van der Waals surface area contributed by atoms with E-state index in [0.29, 0.717) is 0 Å². The molecule has 0 spiro atoms. The van der Waals surface area contributed by atoms with Crippen LogP contribution in [0.15, 0.2) is 42.5 Å². The summed E-state index contributed by atoms with van der Waals surface area (Å²) >= 11 is 0. The van der Waals surface area contributed by atoms with E-state index >= 15 is 0 Å². The molecule has 1 unspecified atom stereocenters. The van der Waals surface area contributed by atoms with Gasteiger partial charge in [-0.05, 0) is 49.1 Å². The van der Waals surface area contributed by atoms with E-state index in [1.807, 2.05) is 0 Å². The number of hydrogen-bond donors (Lipinski definition) is 1. The van der Waals surface area contributed by atoms with Crippen LogP contribution in [0.1, 0.15) is 41.6 Å². The molecule has 1 N–H and O–H groups in total. The highest BCUT2D eigenvalue weighted by molar-refractivity contribution is 5.79. The summed E-state index contributed by atoms with van der Waals surface area (Å²) in [5, 5.41) is 3.07. The number of hydrogen-bond acceptors (Lipinski definition) is 1. The molecule has 0 aliphatic carbocycles. The molecule has 2 aromatic rings. The SMILES string of the molecule is CCC(NC(=O)Cc1ccc(F)cc1)c1ccc(C)cc1C. The van der Waals surface area contributed by atoms with E-state index in [1.54, 1.807) is 12.1 Å². The number of aryl methyl sites for hydroxylation is 2. The van der Waals surface area contributed by atoms with Gasteiger partial charge in [-0.15, -0.1) is 0 Å². The summed E-state index contributed by atoms with van der Waals surface area (Å²) in [4.78, 5) is 12.2. The zero-order valence-electron chi connectivity index (χ0n) is 13.3. The summed E-state index contributed by atoms with van der Waals surface area (Å²) in [6.07, 6.45) is 1.10. The number of nitrogens with one attached hydrogen (secondary N) is 1. The van der Waals surface area contributed by atoms with Crippen molar-refractivity contribution in [1.29, 1.82) is 0 Å². The molecule has 0 radical (unpaired) electrons. The van der Waals surface area contributed by atoms with Gasteiger partial charge in [0.25, 0.3) is 0 Å². The van der Waals surface area contributed by atoms with Crippen LogP contribution in [0.5, 0.6) is 0 Å². The highest BCUT2D eigenvalue weighted by Crippen LogP contribution is 2.21. The van der Waals surface area contributed by atoms with Gasteiger partial charge >= 0.3 is 0 Å². The Morgan fingerprint density at radius 3 is 2.41 bits per heavy atom. The highest BCUT2D eigenvalue weighted by Gasteiger charge is 2.15. The monoisotopic (exact) mass is 299 g/mol. The predicted molar refractivity (Wildman–Crippen MR) is 87.2 cm³/mol. The van der Waals surface area contributed by atoms with Crippen LogP contribution >= 0.6 is 0 Å². The zero-order valence-corrected chi connectivity index (χ0v) is 13.3. The Bertz CT molecular complexity index is 649. The number of benzene rings is 2. The molecule has 2 rings (SSSR count). The quantitative estimate of drug-likeness (QED) is 0.878. The second-order valence-electron chi connectivity index (χ2n) is 5.69. The molecule has 1 atom stereocenters. The predicted octanol–water partition coefficient (Wildman–Crippen LogP) is 4.25. The summed E-state index contributed by atoms with van der Waals surface area (Å²) in [5.74, 6) is -0.329. The maximum atomic E-state index is 12.9.